The van der Waals surface area contributed by atoms with Crippen LogP contribution in [0.4, 0.5) is 5.69 Å². The molecule has 5 heteroatoms. The molecule has 0 spiro atoms. The molecular weight excluding hydrogens is 202 g/mol. The van der Waals surface area contributed by atoms with Crippen LogP contribution in [0.2, 0.25) is 5.02 Å². The Morgan fingerprint density at radius 1 is 1.79 bits per heavy atom. The number of halogens is 1. The first-order chi connectivity index (χ1) is 6.65. The molecule has 1 rings (SSSR count). The molecule has 0 radical (unpaired) electrons. The summed E-state index contributed by atoms with van der Waals surface area (Å²) in [5, 5.41) is 9.00. The molecule has 1 heterocycles. The van der Waals surface area contributed by atoms with Gasteiger partial charge in [-0.1, -0.05) is 30.7 Å². The van der Waals surface area contributed by atoms with Gasteiger partial charge in [-0.15, -0.1) is 0 Å². The van der Waals surface area contributed by atoms with E-state index < -0.39 is 5.56 Å². The van der Waals surface area contributed by atoms with Crippen LogP contribution in [0.25, 0.3) is 0 Å². The average molecular weight is 214 g/mol. The fourth-order valence-electron chi connectivity index (χ4n) is 0.852. The van der Waals surface area contributed by atoms with Crippen LogP contribution in [0, 0.1) is 0 Å². The number of nitrogens with zero attached hydrogens (tertiary/aromatic N) is 1. The van der Waals surface area contributed by atoms with Gasteiger partial charge < -0.3 is 5.32 Å². The Morgan fingerprint density at radius 2 is 2.50 bits per heavy atom. The number of aromatic amines is 1. The first kappa shape index (κ1) is 10.8. The predicted molar refractivity (Wildman–Crippen MR) is 57.8 cm³/mol. The topological polar surface area (TPSA) is 57.8 Å². The van der Waals surface area contributed by atoms with Gasteiger partial charge in [-0.25, -0.2) is 5.10 Å². The van der Waals surface area contributed by atoms with Gasteiger partial charge in [0, 0.05) is 6.54 Å². The zero-order chi connectivity index (χ0) is 10.6. The zero-order valence-electron chi connectivity index (χ0n) is 7.93. The largest absolute Gasteiger partial charge is 0.379 e. The summed E-state index contributed by atoms with van der Waals surface area (Å²) in [6, 6.07) is 0. The van der Waals surface area contributed by atoms with Crippen LogP contribution in [0.5, 0.6) is 0 Å². The number of hydrogen-bond acceptors (Lipinski definition) is 3. The molecule has 4 nitrogen and oxygen atoms in total. The van der Waals surface area contributed by atoms with Crippen molar-refractivity contribution in [2.75, 3.05) is 11.9 Å². The summed E-state index contributed by atoms with van der Waals surface area (Å²) >= 11 is 5.74. The quantitative estimate of drug-likeness (QED) is 0.750. The van der Waals surface area contributed by atoms with E-state index in [1.165, 1.54) is 6.20 Å². The lowest BCUT2D eigenvalue weighted by molar-refractivity contribution is 0.980. The molecule has 0 atom stereocenters. The molecular formula is C9H12ClN3O. The van der Waals surface area contributed by atoms with E-state index in [1.54, 1.807) is 0 Å². The normalized spacial score (nSPS) is 9.86. The molecule has 1 aromatic heterocycles. The number of anilines is 1. The minimum Gasteiger partial charge on any atom is -0.379 e. The Morgan fingerprint density at radius 3 is 3.14 bits per heavy atom. The van der Waals surface area contributed by atoms with Crippen LogP contribution >= 0.6 is 11.6 Å². The molecule has 0 bridgehead atoms. The fraction of sp³-hybridized carbons (Fsp3) is 0.333. The minimum absolute atomic E-state index is 0.129. The van der Waals surface area contributed by atoms with Crippen molar-refractivity contribution in [3.05, 3.63) is 33.7 Å². The number of rotatable bonds is 4. The second kappa shape index (κ2) is 4.81. The van der Waals surface area contributed by atoms with E-state index in [0.29, 0.717) is 12.2 Å². The Bertz CT molecular complexity index is 386. The number of aromatic nitrogens is 2. The van der Waals surface area contributed by atoms with Crippen molar-refractivity contribution in [2.24, 2.45) is 0 Å². The molecule has 0 amide bonds. The first-order valence-corrected chi connectivity index (χ1v) is 4.66. The summed E-state index contributed by atoms with van der Waals surface area (Å²) in [5.41, 5.74) is 1.19. The first-order valence-electron chi connectivity index (χ1n) is 4.28. The van der Waals surface area contributed by atoms with Crippen molar-refractivity contribution in [1.82, 2.24) is 10.2 Å². The van der Waals surface area contributed by atoms with Crippen LogP contribution in [0.15, 0.2) is 23.1 Å². The van der Waals surface area contributed by atoms with E-state index in [0.717, 1.165) is 12.0 Å². The summed E-state index contributed by atoms with van der Waals surface area (Å²) in [4.78, 5) is 11.0. The predicted octanol–water partition coefficient (Wildman–Crippen LogP) is 1.80. The van der Waals surface area contributed by atoms with E-state index >= 15 is 0 Å². The Kier molecular flexibility index (Phi) is 3.71. The van der Waals surface area contributed by atoms with E-state index in [4.69, 9.17) is 11.6 Å². The minimum atomic E-state index is -0.390. The van der Waals surface area contributed by atoms with Gasteiger partial charge in [0.05, 0.1) is 11.9 Å². The van der Waals surface area contributed by atoms with E-state index in [2.05, 4.69) is 22.1 Å². The van der Waals surface area contributed by atoms with Gasteiger partial charge in [0.1, 0.15) is 5.02 Å². The van der Waals surface area contributed by atoms with Crippen LogP contribution in [-0.2, 0) is 0 Å². The van der Waals surface area contributed by atoms with Gasteiger partial charge in [0.15, 0.2) is 0 Å². The second-order valence-corrected chi connectivity index (χ2v) is 3.26. The highest BCUT2D eigenvalue weighted by Crippen LogP contribution is 2.14. The van der Waals surface area contributed by atoms with Gasteiger partial charge in [0.2, 0.25) is 0 Å². The van der Waals surface area contributed by atoms with Crippen LogP contribution in [0.1, 0.15) is 13.3 Å². The number of hydrogen-bond donors (Lipinski definition) is 2. The third-order valence-electron chi connectivity index (χ3n) is 1.82. The van der Waals surface area contributed by atoms with Gasteiger partial charge in [-0.2, -0.15) is 5.10 Å². The van der Waals surface area contributed by atoms with Crippen LogP contribution < -0.4 is 10.9 Å². The van der Waals surface area contributed by atoms with Crippen molar-refractivity contribution >= 4 is 17.3 Å². The highest BCUT2D eigenvalue weighted by Gasteiger charge is 2.03. The Balaban J connectivity index is 2.73. The molecule has 2 N–H and O–H groups in total. The molecule has 0 unspecified atom stereocenters. The lowest BCUT2D eigenvalue weighted by Crippen LogP contribution is -2.13. The second-order valence-electron chi connectivity index (χ2n) is 2.88. The maximum Gasteiger partial charge on any atom is 0.285 e. The smallest absolute Gasteiger partial charge is 0.285 e. The standard InChI is InChI=1S/C9H12ClN3O/c1-3-6(2)4-11-7-5-12-13-9(14)8(7)10/h5H,2-4H2,1H3,(H2,11,13,14). The maximum atomic E-state index is 11.0. The monoisotopic (exact) mass is 213 g/mol. The molecule has 0 aliphatic rings. The zero-order valence-corrected chi connectivity index (χ0v) is 8.69. The molecule has 1 aromatic rings. The van der Waals surface area contributed by atoms with Crippen molar-refractivity contribution in [2.45, 2.75) is 13.3 Å². The fourth-order valence-corrected chi connectivity index (χ4v) is 1.01. The summed E-state index contributed by atoms with van der Waals surface area (Å²) in [6.07, 6.45) is 2.37. The molecule has 0 saturated carbocycles. The van der Waals surface area contributed by atoms with Crippen molar-refractivity contribution < 1.29 is 0 Å². The van der Waals surface area contributed by atoms with Gasteiger partial charge in [-0.3, -0.25) is 4.79 Å². The van der Waals surface area contributed by atoms with Crippen molar-refractivity contribution in [1.29, 1.82) is 0 Å². The van der Waals surface area contributed by atoms with Gasteiger partial charge in [-0.05, 0) is 6.42 Å². The molecule has 0 aromatic carbocycles. The Hall–Kier alpha value is -1.29. The van der Waals surface area contributed by atoms with Crippen molar-refractivity contribution in [3.63, 3.8) is 0 Å². The summed E-state index contributed by atoms with van der Waals surface area (Å²) in [7, 11) is 0. The van der Waals surface area contributed by atoms with E-state index in [-0.39, 0.29) is 5.02 Å². The summed E-state index contributed by atoms with van der Waals surface area (Å²) in [6.45, 7) is 6.44. The lowest BCUT2D eigenvalue weighted by Gasteiger charge is -2.07. The highest BCUT2D eigenvalue weighted by molar-refractivity contribution is 6.32. The molecule has 0 aliphatic heterocycles. The third kappa shape index (κ3) is 2.60. The van der Waals surface area contributed by atoms with Gasteiger partial charge >= 0.3 is 0 Å². The molecule has 14 heavy (non-hydrogen) atoms. The summed E-state index contributed by atoms with van der Waals surface area (Å²) in [5.74, 6) is 0. The third-order valence-corrected chi connectivity index (χ3v) is 2.20. The van der Waals surface area contributed by atoms with Crippen molar-refractivity contribution in [3.8, 4) is 0 Å². The summed E-state index contributed by atoms with van der Waals surface area (Å²) < 4.78 is 0. The maximum absolute atomic E-state index is 11.0. The molecule has 0 aliphatic carbocycles. The van der Waals surface area contributed by atoms with E-state index in [9.17, 15) is 4.79 Å². The van der Waals surface area contributed by atoms with E-state index in [1.807, 2.05) is 6.92 Å². The number of H-pyrrole nitrogens is 1. The van der Waals surface area contributed by atoms with Crippen LogP contribution in [0.3, 0.4) is 0 Å². The number of nitrogens with one attached hydrogen (secondary N) is 2. The average Bonchev–Trinajstić information content (AvgIpc) is 2.20. The SMILES string of the molecule is C=C(CC)CNc1cn[nH]c(=O)c1Cl. The molecule has 0 fully saturated rings. The Labute approximate surface area is 87.0 Å². The lowest BCUT2D eigenvalue weighted by atomic mass is 10.2. The van der Waals surface area contributed by atoms with Gasteiger partial charge in [0.25, 0.3) is 5.56 Å². The van der Waals surface area contributed by atoms with Crippen LogP contribution in [-0.4, -0.2) is 16.7 Å². The molecule has 0 saturated heterocycles. The highest BCUT2D eigenvalue weighted by atomic mass is 35.5. The molecule has 76 valence electrons.